The van der Waals surface area contributed by atoms with Gasteiger partial charge in [-0.25, -0.2) is 8.42 Å². The van der Waals surface area contributed by atoms with Crippen LogP contribution in [0.1, 0.15) is 44.4 Å². The Morgan fingerprint density at radius 1 is 1.25 bits per heavy atom. The molecule has 112 valence electrons. The van der Waals surface area contributed by atoms with Crippen molar-refractivity contribution in [1.82, 2.24) is 5.32 Å². The van der Waals surface area contributed by atoms with Gasteiger partial charge in [0.2, 0.25) is 0 Å². The number of sulfone groups is 1. The second-order valence-electron chi connectivity index (χ2n) is 6.65. The number of hydrogen-bond donors (Lipinski definition) is 1. The van der Waals surface area contributed by atoms with Crippen LogP contribution in [0.2, 0.25) is 0 Å². The molecular weight excluding hydrogens is 270 g/mol. The number of benzene rings is 1. The topological polar surface area (TPSA) is 46.2 Å². The van der Waals surface area contributed by atoms with Crippen LogP contribution in [0.5, 0.6) is 0 Å². The van der Waals surface area contributed by atoms with Crippen LogP contribution in [-0.4, -0.2) is 26.0 Å². The van der Waals surface area contributed by atoms with Crippen molar-refractivity contribution in [2.24, 2.45) is 5.92 Å². The SMILES string of the molecule is CNC1c2ccccc2CC1CCS(=O)(=O)C(C)(C)C. The smallest absolute Gasteiger partial charge is 0.155 e. The zero-order valence-corrected chi connectivity index (χ0v) is 13.6. The van der Waals surface area contributed by atoms with Crippen molar-refractivity contribution in [1.29, 1.82) is 0 Å². The second-order valence-corrected chi connectivity index (χ2v) is 9.51. The molecule has 0 amide bonds. The summed E-state index contributed by atoms with van der Waals surface area (Å²) in [5.74, 6) is 0.641. The minimum atomic E-state index is -3.03. The van der Waals surface area contributed by atoms with Crippen molar-refractivity contribution in [2.45, 2.75) is 44.4 Å². The second kappa shape index (κ2) is 5.49. The van der Waals surface area contributed by atoms with Crippen molar-refractivity contribution >= 4 is 9.84 Å². The molecule has 0 aromatic heterocycles. The van der Waals surface area contributed by atoms with E-state index in [2.05, 4.69) is 29.6 Å². The molecule has 2 unspecified atom stereocenters. The minimum Gasteiger partial charge on any atom is -0.313 e. The summed E-state index contributed by atoms with van der Waals surface area (Å²) >= 11 is 0. The van der Waals surface area contributed by atoms with Gasteiger partial charge in [-0.1, -0.05) is 24.3 Å². The predicted molar refractivity (Wildman–Crippen MR) is 83.6 cm³/mol. The van der Waals surface area contributed by atoms with E-state index < -0.39 is 14.6 Å². The molecule has 0 fully saturated rings. The summed E-state index contributed by atoms with van der Waals surface area (Å²) in [5.41, 5.74) is 2.68. The molecule has 0 saturated heterocycles. The summed E-state index contributed by atoms with van der Waals surface area (Å²) < 4.78 is 23.9. The fraction of sp³-hybridized carbons (Fsp3) is 0.625. The third kappa shape index (κ3) is 2.91. The largest absolute Gasteiger partial charge is 0.313 e. The Hall–Kier alpha value is -0.870. The average molecular weight is 295 g/mol. The van der Waals surface area contributed by atoms with E-state index in [1.807, 2.05) is 7.05 Å². The van der Waals surface area contributed by atoms with Gasteiger partial charge >= 0.3 is 0 Å². The van der Waals surface area contributed by atoms with E-state index in [1.165, 1.54) is 11.1 Å². The van der Waals surface area contributed by atoms with E-state index in [-0.39, 0.29) is 11.8 Å². The Kier molecular flexibility index (Phi) is 4.26. The molecule has 20 heavy (non-hydrogen) atoms. The lowest BCUT2D eigenvalue weighted by Gasteiger charge is -2.23. The quantitative estimate of drug-likeness (QED) is 0.929. The molecule has 0 radical (unpaired) electrons. The van der Waals surface area contributed by atoms with Crippen LogP contribution in [-0.2, 0) is 16.3 Å². The fourth-order valence-electron chi connectivity index (χ4n) is 2.95. The lowest BCUT2D eigenvalue weighted by Crippen LogP contribution is -2.32. The molecule has 1 N–H and O–H groups in total. The highest BCUT2D eigenvalue weighted by Crippen LogP contribution is 2.38. The van der Waals surface area contributed by atoms with Gasteiger partial charge in [0.05, 0.1) is 10.5 Å². The van der Waals surface area contributed by atoms with Crippen LogP contribution >= 0.6 is 0 Å². The highest BCUT2D eigenvalue weighted by atomic mass is 32.2. The minimum absolute atomic E-state index is 0.271. The normalized spacial score (nSPS) is 22.8. The van der Waals surface area contributed by atoms with Crippen LogP contribution in [0.25, 0.3) is 0 Å². The summed E-state index contributed by atoms with van der Waals surface area (Å²) in [4.78, 5) is 0. The van der Waals surface area contributed by atoms with E-state index >= 15 is 0 Å². The van der Waals surface area contributed by atoms with Crippen LogP contribution in [0.15, 0.2) is 24.3 Å². The first-order valence-electron chi connectivity index (χ1n) is 7.23. The molecule has 1 aliphatic carbocycles. The molecule has 4 heteroatoms. The number of fused-ring (bicyclic) bond motifs is 1. The monoisotopic (exact) mass is 295 g/mol. The van der Waals surface area contributed by atoms with E-state index in [0.29, 0.717) is 5.92 Å². The number of nitrogens with one attached hydrogen (secondary N) is 1. The van der Waals surface area contributed by atoms with E-state index in [9.17, 15) is 8.42 Å². The van der Waals surface area contributed by atoms with Crippen molar-refractivity contribution < 1.29 is 8.42 Å². The highest BCUT2D eigenvalue weighted by molar-refractivity contribution is 7.92. The lowest BCUT2D eigenvalue weighted by atomic mass is 9.98. The maximum absolute atomic E-state index is 12.3. The van der Waals surface area contributed by atoms with Gasteiger partial charge in [-0.15, -0.1) is 0 Å². The lowest BCUT2D eigenvalue weighted by molar-refractivity contribution is 0.400. The molecule has 1 aromatic rings. The molecule has 0 saturated carbocycles. The standard InChI is InChI=1S/C16H25NO2S/c1-16(2,3)20(18,19)10-9-13-11-12-7-5-6-8-14(12)15(13)17-4/h5-8,13,15,17H,9-11H2,1-4H3. The molecule has 3 nitrogen and oxygen atoms in total. The van der Waals surface area contributed by atoms with Gasteiger partial charge in [-0.3, -0.25) is 0 Å². The van der Waals surface area contributed by atoms with Crippen molar-refractivity contribution in [3.8, 4) is 0 Å². The van der Waals surface area contributed by atoms with Gasteiger partial charge in [0.1, 0.15) is 0 Å². The molecule has 0 heterocycles. The van der Waals surface area contributed by atoms with Crippen LogP contribution in [0.3, 0.4) is 0 Å². The Labute approximate surface area is 122 Å². The Morgan fingerprint density at radius 2 is 1.90 bits per heavy atom. The molecule has 0 bridgehead atoms. The third-order valence-electron chi connectivity index (χ3n) is 4.35. The number of hydrogen-bond acceptors (Lipinski definition) is 3. The first-order valence-corrected chi connectivity index (χ1v) is 8.89. The summed E-state index contributed by atoms with van der Waals surface area (Å²) in [6.07, 6.45) is 1.70. The molecule has 1 aromatic carbocycles. The van der Waals surface area contributed by atoms with E-state index in [1.54, 1.807) is 20.8 Å². The molecular formula is C16H25NO2S. The highest BCUT2D eigenvalue weighted by Gasteiger charge is 2.34. The van der Waals surface area contributed by atoms with Gasteiger partial charge in [0.15, 0.2) is 9.84 Å². The van der Waals surface area contributed by atoms with Gasteiger partial charge in [0, 0.05) is 6.04 Å². The molecule has 2 rings (SSSR count). The van der Waals surface area contributed by atoms with Gasteiger partial charge in [-0.2, -0.15) is 0 Å². The Balaban J connectivity index is 2.10. The van der Waals surface area contributed by atoms with Crippen molar-refractivity contribution in [2.75, 3.05) is 12.8 Å². The van der Waals surface area contributed by atoms with Crippen molar-refractivity contribution in [3.63, 3.8) is 0 Å². The van der Waals surface area contributed by atoms with E-state index in [4.69, 9.17) is 0 Å². The van der Waals surface area contributed by atoms with Gasteiger partial charge in [0.25, 0.3) is 0 Å². The van der Waals surface area contributed by atoms with Gasteiger partial charge in [-0.05, 0) is 57.7 Å². The molecule has 0 spiro atoms. The summed E-state index contributed by atoms with van der Waals surface area (Å²) in [7, 11) is -1.08. The summed E-state index contributed by atoms with van der Waals surface area (Å²) in [5, 5.41) is 3.35. The summed E-state index contributed by atoms with van der Waals surface area (Å²) in [6.45, 7) is 5.34. The van der Waals surface area contributed by atoms with Crippen LogP contribution in [0.4, 0.5) is 0 Å². The average Bonchev–Trinajstić information content (AvgIpc) is 2.72. The Morgan fingerprint density at radius 3 is 2.50 bits per heavy atom. The fourth-order valence-corrected chi connectivity index (χ4v) is 4.18. The molecule has 2 atom stereocenters. The predicted octanol–water partition coefficient (Wildman–Crippen LogP) is 2.72. The molecule has 0 aliphatic heterocycles. The zero-order chi connectivity index (χ0) is 15.0. The first-order chi connectivity index (χ1) is 9.26. The third-order valence-corrected chi connectivity index (χ3v) is 6.98. The van der Waals surface area contributed by atoms with Crippen LogP contribution in [0, 0.1) is 5.92 Å². The maximum Gasteiger partial charge on any atom is 0.155 e. The van der Waals surface area contributed by atoms with Gasteiger partial charge < -0.3 is 5.32 Å². The summed E-state index contributed by atoms with van der Waals surface area (Å²) in [6, 6.07) is 8.69. The number of rotatable bonds is 4. The van der Waals surface area contributed by atoms with E-state index in [0.717, 1.165) is 12.8 Å². The zero-order valence-electron chi connectivity index (χ0n) is 12.8. The first kappa shape index (κ1) is 15.5. The van der Waals surface area contributed by atoms with Crippen LogP contribution < -0.4 is 5.32 Å². The Bertz CT molecular complexity index is 572. The maximum atomic E-state index is 12.3. The van der Waals surface area contributed by atoms with Crippen molar-refractivity contribution in [3.05, 3.63) is 35.4 Å². The molecule has 1 aliphatic rings.